The van der Waals surface area contributed by atoms with Crippen molar-refractivity contribution in [2.45, 2.75) is 51.6 Å². The summed E-state index contributed by atoms with van der Waals surface area (Å²) in [5.74, 6) is -0.248. The summed E-state index contributed by atoms with van der Waals surface area (Å²) in [6.45, 7) is 4.04. The molecule has 25 heavy (non-hydrogen) atoms. The summed E-state index contributed by atoms with van der Waals surface area (Å²) in [6, 6.07) is 0. The highest BCUT2D eigenvalue weighted by Crippen LogP contribution is 2.08. The van der Waals surface area contributed by atoms with Gasteiger partial charge in [-0.2, -0.15) is 0 Å². The van der Waals surface area contributed by atoms with Gasteiger partial charge in [0.15, 0.2) is 0 Å². The highest BCUT2D eigenvalue weighted by molar-refractivity contribution is 5.69. The molecule has 0 aromatic carbocycles. The molecule has 0 bridgehead atoms. The first-order chi connectivity index (χ1) is 11.4. The molecule has 0 saturated carbocycles. The van der Waals surface area contributed by atoms with Crippen molar-refractivity contribution in [2.75, 3.05) is 62.0 Å². The van der Waals surface area contributed by atoms with Crippen LogP contribution in [0.2, 0.25) is 0 Å². The highest BCUT2D eigenvalue weighted by Gasteiger charge is 2.17. The van der Waals surface area contributed by atoms with Crippen LogP contribution in [0.1, 0.15) is 45.4 Å². The van der Waals surface area contributed by atoms with Crippen molar-refractivity contribution in [3.05, 3.63) is 0 Å². The average molecular weight is 361 g/mol. The standard InChI is InChI=1S/C19H40N2O4/c1-17(16-21(5,6)7)25-19(23)13-11-9-8-10-12-18(22)24-15-14-20(2,3)4/h17H,8-16H2,1-7H3/q+2/t17-/m0/s1. The number of likely N-dealkylation sites (N-methyl/N-ethyl adjacent to an activating group) is 2. The van der Waals surface area contributed by atoms with Crippen LogP contribution in [0.15, 0.2) is 0 Å². The molecule has 0 radical (unpaired) electrons. The summed E-state index contributed by atoms with van der Waals surface area (Å²) < 4.78 is 12.2. The van der Waals surface area contributed by atoms with E-state index >= 15 is 0 Å². The molecular weight excluding hydrogens is 320 g/mol. The predicted molar refractivity (Wildman–Crippen MR) is 100 cm³/mol. The van der Waals surface area contributed by atoms with Gasteiger partial charge in [-0.05, 0) is 19.8 Å². The fourth-order valence-corrected chi connectivity index (χ4v) is 2.49. The molecule has 0 aliphatic heterocycles. The maximum Gasteiger partial charge on any atom is 0.306 e. The number of hydrogen-bond acceptors (Lipinski definition) is 4. The van der Waals surface area contributed by atoms with E-state index in [9.17, 15) is 9.59 Å². The van der Waals surface area contributed by atoms with Gasteiger partial charge >= 0.3 is 11.9 Å². The lowest BCUT2D eigenvalue weighted by Gasteiger charge is -2.27. The van der Waals surface area contributed by atoms with E-state index in [1.165, 1.54) is 0 Å². The molecule has 0 fully saturated rings. The minimum Gasteiger partial charge on any atom is -0.460 e. The lowest BCUT2D eigenvalue weighted by atomic mass is 10.1. The Morgan fingerprint density at radius 3 is 1.80 bits per heavy atom. The summed E-state index contributed by atoms with van der Waals surface area (Å²) >= 11 is 0. The summed E-state index contributed by atoms with van der Waals surface area (Å²) in [6.07, 6.45) is 4.35. The number of ether oxygens (including phenoxy) is 2. The summed E-state index contributed by atoms with van der Waals surface area (Å²) in [4.78, 5) is 23.4. The van der Waals surface area contributed by atoms with Crippen molar-refractivity contribution in [1.29, 1.82) is 0 Å². The van der Waals surface area contributed by atoms with Crippen LogP contribution in [-0.4, -0.2) is 89.0 Å². The third-order valence-electron chi connectivity index (χ3n) is 3.67. The molecule has 0 rings (SSSR count). The van der Waals surface area contributed by atoms with E-state index in [1.807, 2.05) is 6.92 Å². The Kier molecular flexibility index (Phi) is 10.9. The number of hydrogen-bond donors (Lipinski definition) is 0. The van der Waals surface area contributed by atoms with Gasteiger partial charge in [0.25, 0.3) is 0 Å². The van der Waals surface area contributed by atoms with Gasteiger partial charge in [0.05, 0.1) is 42.3 Å². The summed E-state index contributed by atoms with van der Waals surface area (Å²) in [5.41, 5.74) is 0. The fourth-order valence-electron chi connectivity index (χ4n) is 2.49. The highest BCUT2D eigenvalue weighted by atomic mass is 16.5. The van der Waals surface area contributed by atoms with Crippen molar-refractivity contribution >= 4 is 11.9 Å². The van der Waals surface area contributed by atoms with Crippen molar-refractivity contribution in [3.8, 4) is 0 Å². The molecule has 0 aliphatic rings. The molecule has 0 amide bonds. The van der Waals surface area contributed by atoms with Crippen LogP contribution in [0.3, 0.4) is 0 Å². The van der Waals surface area contributed by atoms with E-state index in [0.717, 1.165) is 47.7 Å². The van der Waals surface area contributed by atoms with Crippen LogP contribution in [0.4, 0.5) is 0 Å². The van der Waals surface area contributed by atoms with E-state index in [1.54, 1.807) is 0 Å². The molecule has 6 nitrogen and oxygen atoms in total. The third-order valence-corrected chi connectivity index (χ3v) is 3.67. The van der Waals surface area contributed by atoms with Crippen LogP contribution in [0.25, 0.3) is 0 Å². The fraction of sp³-hybridized carbons (Fsp3) is 0.895. The first-order valence-corrected chi connectivity index (χ1v) is 9.35. The lowest BCUT2D eigenvalue weighted by molar-refractivity contribution is -0.873. The zero-order chi connectivity index (χ0) is 19.5. The van der Waals surface area contributed by atoms with Gasteiger partial charge in [-0.3, -0.25) is 9.59 Å². The van der Waals surface area contributed by atoms with Gasteiger partial charge in [-0.1, -0.05) is 12.8 Å². The Bertz CT molecular complexity index is 397. The van der Waals surface area contributed by atoms with Crippen LogP contribution in [-0.2, 0) is 19.1 Å². The maximum atomic E-state index is 11.8. The molecule has 148 valence electrons. The second kappa shape index (κ2) is 11.5. The molecule has 0 aliphatic carbocycles. The molecule has 0 N–H and O–H groups in total. The van der Waals surface area contributed by atoms with Crippen molar-refractivity contribution in [1.82, 2.24) is 0 Å². The summed E-state index contributed by atoms with van der Waals surface area (Å²) in [7, 11) is 12.5. The van der Waals surface area contributed by atoms with Crippen molar-refractivity contribution in [3.63, 3.8) is 0 Å². The van der Waals surface area contributed by atoms with Crippen LogP contribution in [0.5, 0.6) is 0 Å². The van der Waals surface area contributed by atoms with Crippen LogP contribution < -0.4 is 0 Å². The second-order valence-electron chi connectivity index (χ2n) is 8.92. The predicted octanol–water partition coefficient (Wildman–Crippen LogP) is 2.21. The van der Waals surface area contributed by atoms with Crippen LogP contribution in [0, 0.1) is 0 Å². The molecule has 0 aromatic heterocycles. The monoisotopic (exact) mass is 360 g/mol. The molecule has 0 heterocycles. The lowest BCUT2D eigenvalue weighted by Crippen LogP contribution is -2.41. The summed E-state index contributed by atoms with van der Waals surface area (Å²) in [5, 5.41) is 0. The zero-order valence-corrected chi connectivity index (χ0v) is 17.5. The van der Waals surface area contributed by atoms with Crippen molar-refractivity contribution in [2.24, 2.45) is 0 Å². The Balaban J connectivity index is 3.60. The number of esters is 2. The first kappa shape index (κ1) is 23.9. The van der Waals surface area contributed by atoms with E-state index in [-0.39, 0.29) is 18.0 Å². The minimum atomic E-state index is -0.124. The third kappa shape index (κ3) is 17.5. The smallest absolute Gasteiger partial charge is 0.306 e. The second-order valence-corrected chi connectivity index (χ2v) is 8.92. The molecule has 0 spiro atoms. The van der Waals surface area contributed by atoms with Crippen molar-refractivity contribution < 1.29 is 28.0 Å². The Hall–Kier alpha value is -1.14. The number of quaternary nitrogens is 2. The molecule has 0 aromatic rings. The van der Waals surface area contributed by atoms with E-state index in [2.05, 4.69) is 42.3 Å². The Labute approximate surface area is 154 Å². The number of nitrogens with zero attached hydrogens (tertiary/aromatic N) is 2. The Morgan fingerprint density at radius 1 is 0.800 bits per heavy atom. The molecule has 0 unspecified atom stereocenters. The number of carbonyl (C=O) groups is 2. The van der Waals surface area contributed by atoms with Gasteiger partial charge in [0.1, 0.15) is 25.8 Å². The number of unbranched alkanes of at least 4 members (excludes halogenated alkanes) is 3. The van der Waals surface area contributed by atoms with E-state index in [0.29, 0.717) is 19.4 Å². The van der Waals surface area contributed by atoms with Gasteiger partial charge in [-0.15, -0.1) is 0 Å². The quantitative estimate of drug-likeness (QED) is 0.287. The van der Waals surface area contributed by atoms with Gasteiger partial charge in [0.2, 0.25) is 0 Å². The number of rotatable bonds is 13. The normalized spacial score (nSPS) is 13.4. The number of carbonyl (C=O) groups excluding carboxylic acids is 2. The largest absolute Gasteiger partial charge is 0.460 e. The minimum absolute atomic E-state index is 0.0611. The Morgan fingerprint density at radius 2 is 1.32 bits per heavy atom. The average Bonchev–Trinajstić information content (AvgIpc) is 2.38. The zero-order valence-electron chi connectivity index (χ0n) is 17.5. The van der Waals surface area contributed by atoms with Gasteiger partial charge in [-0.25, -0.2) is 0 Å². The molecule has 6 heteroatoms. The molecule has 1 atom stereocenters. The first-order valence-electron chi connectivity index (χ1n) is 9.35. The topological polar surface area (TPSA) is 52.6 Å². The molecule has 0 saturated heterocycles. The van der Waals surface area contributed by atoms with E-state index in [4.69, 9.17) is 9.47 Å². The van der Waals surface area contributed by atoms with Gasteiger partial charge in [0, 0.05) is 12.8 Å². The van der Waals surface area contributed by atoms with Crippen LogP contribution >= 0.6 is 0 Å². The van der Waals surface area contributed by atoms with E-state index < -0.39 is 0 Å². The van der Waals surface area contributed by atoms with Gasteiger partial charge < -0.3 is 18.4 Å². The maximum absolute atomic E-state index is 11.8. The SMILES string of the molecule is C[C@@H](C[N+](C)(C)C)OC(=O)CCCCCCC(=O)OCC[N+](C)(C)C. The molecular formula is C19H40N2O4+2.